The summed E-state index contributed by atoms with van der Waals surface area (Å²) in [6.07, 6.45) is 4.94. The molecule has 3 heterocycles. The molecule has 1 aromatic rings. The first kappa shape index (κ1) is 25.3. The standard InChI is InChI=1S/C24H33N3O7/c1-4-11-25-23(31)27-20(19-9-8-14-34-19)18(21(29)32-5-2)16-24(27)10-6-7-12-26(22(24)30)13-15-33-17(3)28/h4,8-9,14,18,20H,1,5-7,10-13,15-16H2,2-3H3,(H,25,31)/t18-,20+,24-/m0/s1. The zero-order valence-corrected chi connectivity index (χ0v) is 19.8. The molecular weight excluding hydrogens is 442 g/mol. The zero-order chi connectivity index (χ0) is 24.7. The number of urea groups is 1. The molecule has 0 aliphatic carbocycles. The average molecular weight is 476 g/mol. The summed E-state index contributed by atoms with van der Waals surface area (Å²) in [4.78, 5) is 54.9. The van der Waals surface area contributed by atoms with E-state index in [1.807, 2.05) is 0 Å². The van der Waals surface area contributed by atoms with Gasteiger partial charge in [0, 0.05) is 20.0 Å². The number of rotatable bonds is 8. The molecule has 1 spiro atoms. The van der Waals surface area contributed by atoms with E-state index in [1.54, 1.807) is 30.0 Å². The largest absolute Gasteiger partial charge is 0.467 e. The highest BCUT2D eigenvalue weighted by Crippen LogP contribution is 2.51. The van der Waals surface area contributed by atoms with Gasteiger partial charge in [-0.05, 0) is 44.7 Å². The lowest BCUT2D eigenvalue weighted by Crippen LogP contribution is -2.60. The summed E-state index contributed by atoms with van der Waals surface area (Å²) in [6, 6.07) is 2.09. The topological polar surface area (TPSA) is 118 Å². The van der Waals surface area contributed by atoms with Crippen molar-refractivity contribution in [1.82, 2.24) is 15.1 Å². The molecule has 0 radical (unpaired) electrons. The van der Waals surface area contributed by atoms with Gasteiger partial charge in [0.1, 0.15) is 23.9 Å². The Morgan fingerprint density at radius 1 is 1.32 bits per heavy atom. The summed E-state index contributed by atoms with van der Waals surface area (Å²) in [6.45, 7) is 7.79. The predicted octanol–water partition coefficient (Wildman–Crippen LogP) is 2.42. The second kappa shape index (κ2) is 11.2. The van der Waals surface area contributed by atoms with Crippen LogP contribution in [-0.4, -0.2) is 72.1 Å². The lowest BCUT2D eigenvalue weighted by molar-refractivity contribution is -0.149. The van der Waals surface area contributed by atoms with Gasteiger partial charge in [0.25, 0.3) is 0 Å². The second-order valence-corrected chi connectivity index (χ2v) is 8.49. The minimum Gasteiger partial charge on any atom is -0.467 e. The summed E-state index contributed by atoms with van der Waals surface area (Å²) in [7, 11) is 0. The van der Waals surface area contributed by atoms with Crippen LogP contribution in [0.2, 0.25) is 0 Å². The van der Waals surface area contributed by atoms with Crippen molar-refractivity contribution < 1.29 is 33.1 Å². The molecular formula is C24H33N3O7. The van der Waals surface area contributed by atoms with Gasteiger partial charge < -0.3 is 24.1 Å². The minimum atomic E-state index is -1.27. The number of esters is 2. The van der Waals surface area contributed by atoms with E-state index in [1.165, 1.54) is 18.1 Å². The number of carbonyl (C=O) groups is 4. The molecule has 2 aliphatic rings. The monoisotopic (exact) mass is 475 g/mol. The van der Waals surface area contributed by atoms with Crippen molar-refractivity contribution in [2.45, 2.75) is 51.1 Å². The van der Waals surface area contributed by atoms with E-state index in [0.717, 1.165) is 6.42 Å². The SMILES string of the molecule is C=CCNC(=O)N1[C@@H](c2ccco2)[C@@H](C(=O)OCC)C[C@]12CCCCN(CCOC(C)=O)C2=O. The van der Waals surface area contributed by atoms with Crippen LogP contribution in [0, 0.1) is 5.92 Å². The molecule has 34 heavy (non-hydrogen) atoms. The fraction of sp³-hybridized carbons (Fsp3) is 0.583. The molecule has 0 aromatic carbocycles. The number of furan rings is 1. The van der Waals surface area contributed by atoms with Crippen molar-refractivity contribution in [3.8, 4) is 0 Å². The maximum absolute atomic E-state index is 14.0. The summed E-state index contributed by atoms with van der Waals surface area (Å²) in [5, 5.41) is 2.78. The van der Waals surface area contributed by atoms with E-state index in [9.17, 15) is 19.2 Å². The molecule has 2 aliphatic heterocycles. The van der Waals surface area contributed by atoms with E-state index >= 15 is 0 Å². The number of nitrogens with one attached hydrogen (secondary N) is 1. The van der Waals surface area contributed by atoms with Crippen LogP contribution in [0.3, 0.4) is 0 Å². The molecule has 2 saturated heterocycles. The van der Waals surface area contributed by atoms with Crippen LogP contribution < -0.4 is 5.32 Å². The fourth-order valence-electron chi connectivity index (χ4n) is 4.98. The Kier molecular flexibility index (Phi) is 8.36. The van der Waals surface area contributed by atoms with Crippen molar-refractivity contribution in [3.63, 3.8) is 0 Å². The lowest BCUT2D eigenvalue weighted by atomic mass is 9.86. The van der Waals surface area contributed by atoms with Crippen LogP contribution in [0.5, 0.6) is 0 Å². The number of hydrogen-bond acceptors (Lipinski definition) is 7. The molecule has 186 valence electrons. The Balaban J connectivity index is 2.05. The van der Waals surface area contributed by atoms with E-state index in [0.29, 0.717) is 25.1 Å². The van der Waals surface area contributed by atoms with Gasteiger partial charge in [-0.25, -0.2) is 4.79 Å². The summed E-state index contributed by atoms with van der Waals surface area (Å²) >= 11 is 0. The Morgan fingerprint density at radius 2 is 2.12 bits per heavy atom. The van der Waals surface area contributed by atoms with Crippen LogP contribution >= 0.6 is 0 Å². The first-order valence-electron chi connectivity index (χ1n) is 11.7. The van der Waals surface area contributed by atoms with Gasteiger partial charge in [0.05, 0.1) is 25.3 Å². The number of likely N-dealkylation sites (tertiary alicyclic amines) is 2. The van der Waals surface area contributed by atoms with E-state index in [4.69, 9.17) is 13.9 Å². The van der Waals surface area contributed by atoms with E-state index in [2.05, 4.69) is 11.9 Å². The third kappa shape index (κ3) is 5.10. The van der Waals surface area contributed by atoms with Crippen molar-refractivity contribution >= 4 is 23.9 Å². The van der Waals surface area contributed by atoms with Gasteiger partial charge in [-0.1, -0.05) is 6.08 Å². The minimum absolute atomic E-state index is 0.0583. The van der Waals surface area contributed by atoms with Gasteiger partial charge in [-0.15, -0.1) is 6.58 Å². The highest BCUT2D eigenvalue weighted by Gasteiger charge is 2.62. The smallest absolute Gasteiger partial charge is 0.319 e. The number of ether oxygens (including phenoxy) is 2. The number of nitrogens with zero attached hydrogens (tertiary/aromatic N) is 2. The van der Waals surface area contributed by atoms with Crippen molar-refractivity contribution in [2.75, 3.05) is 32.8 Å². The van der Waals surface area contributed by atoms with E-state index in [-0.39, 0.29) is 38.6 Å². The van der Waals surface area contributed by atoms with Crippen LogP contribution in [0.4, 0.5) is 4.79 Å². The maximum atomic E-state index is 14.0. The summed E-state index contributed by atoms with van der Waals surface area (Å²) < 4.78 is 16.0. The fourth-order valence-corrected chi connectivity index (χ4v) is 4.98. The Hall–Kier alpha value is -3.30. The molecule has 3 atom stereocenters. The number of carbonyl (C=O) groups excluding carboxylic acids is 4. The van der Waals surface area contributed by atoms with Crippen molar-refractivity contribution in [3.05, 3.63) is 36.8 Å². The first-order valence-corrected chi connectivity index (χ1v) is 11.7. The third-order valence-corrected chi connectivity index (χ3v) is 6.34. The third-order valence-electron chi connectivity index (χ3n) is 6.34. The summed E-state index contributed by atoms with van der Waals surface area (Å²) in [5.74, 6) is -1.55. The number of amides is 3. The first-order chi connectivity index (χ1) is 16.4. The quantitative estimate of drug-likeness (QED) is 0.453. The molecule has 3 rings (SSSR count). The molecule has 0 unspecified atom stereocenters. The number of hydrogen-bond donors (Lipinski definition) is 1. The van der Waals surface area contributed by atoms with Crippen molar-refractivity contribution in [2.24, 2.45) is 5.92 Å². The lowest BCUT2D eigenvalue weighted by Gasteiger charge is -2.40. The molecule has 10 nitrogen and oxygen atoms in total. The Labute approximate surface area is 199 Å². The van der Waals surface area contributed by atoms with Crippen LogP contribution in [0.1, 0.15) is 51.3 Å². The zero-order valence-electron chi connectivity index (χ0n) is 19.8. The molecule has 1 N–H and O–H groups in total. The highest BCUT2D eigenvalue weighted by molar-refractivity contribution is 5.94. The van der Waals surface area contributed by atoms with Crippen LogP contribution in [0.15, 0.2) is 35.5 Å². The van der Waals surface area contributed by atoms with Crippen molar-refractivity contribution in [1.29, 1.82) is 0 Å². The molecule has 1 aromatic heterocycles. The van der Waals surface area contributed by atoms with Gasteiger partial charge in [-0.2, -0.15) is 0 Å². The Morgan fingerprint density at radius 3 is 2.76 bits per heavy atom. The van der Waals surface area contributed by atoms with Gasteiger partial charge in [-0.3, -0.25) is 19.3 Å². The maximum Gasteiger partial charge on any atom is 0.319 e. The van der Waals surface area contributed by atoms with Gasteiger partial charge >= 0.3 is 18.0 Å². The van der Waals surface area contributed by atoms with Gasteiger partial charge in [0.2, 0.25) is 5.91 Å². The predicted molar refractivity (Wildman–Crippen MR) is 121 cm³/mol. The molecule has 2 fully saturated rings. The van der Waals surface area contributed by atoms with E-state index < -0.39 is 35.5 Å². The second-order valence-electron chi connectivity index (χ2n) is 8.49. The molecule has 0 saturated carbocycles. The van der Waals surface area contributed by atoms with Gasteiger partial charge in [0.15, 0.2) is 0 Å². The average Bonchev–Trinajstić information content (AvgIpc) is 3.41. The normalized spacial score (nSPS) is 24.6. The Bertz CT molecular complexity index is 900. The van der Waals surface area contributed by atoms with Crippen LogP contribution in [0.25, 0.3) is 0 Å². The van der Waals surface area contributed by atoms with Crippen LogP contribution in [-0.2, 0) is 23.9 Å². The molecule has 10 heteroatoms. The highest BCUT2D eigenvalue weighted by atomic mass is 16.5. The summed E-state index contributed by atoms with van der Waals surface area (Å²) in [5.41, 5.74) is -1.27. The molecule has 0 bridgehead atoms. The molecule has 3 amide bonds.